The van der Waals surface area contributed by atoms with E-state index in [4.69, 9.17) is 10.5 Å². The number of carbonyl (C=O) groups is 2. The van der Waals surface area contributed by atoms with Gasteiger partial charge < -0.3 is 10.5 Å². The number of ketones is 1. The van der Waals surface area contributed by atoms with Crippen molar-refractivity contribution < 1.29 is 18.7 Å². The number of carbonyl (C=O) groups excluding carboxylic acids is 2. The van der Waals surface area contributed by atoms with Gasteiger partial charge in [0.25, 0.3) is 5.56 Å². The van der Waals surface area contributed by atoms with Crippen LogP contribution in [0.3, 0.4) is 0 Å². The number of ether oxygens (including phenoxy) is 1. The topological polar surface area (TPSA) is 113 Å². The van der Waals surface area contributed by atoms with Crippen LogP contribution in [0.25, 0.3) is 0 Å². The lowest BCUT2D eigenvalue weighted by Crippen LogP contribution is -2.43. The summed E-state index contributed by atoms with van der Waals surface area (Å²) in [5, 5.41) is 0. The average molecular weight is 377 g/mol. The second kappa shape index (κ2) is 8.43. The van der Waals surface area contributed by atoms with Gasteiger partial charge >= 0.3 is 11.7 Å². The van der Waals surface area contributed by atoms with Crippen molar-refractivity contribution in [3.8, 4) is 0 Å². The summed E-state index contributed by atoms with van der Waals surface area (Å²) in [7, 11) is 1.24. The van der Waals surface area contributed by atoms with Crippen LogP contribution in [-0.2, 0) is 29.5 Å². The number of hydrogen-bond donors (Lipinski definition) is 1. The third-order valence-corrected chi connectivity index (χ3v) is 3.94. The maximum Gasteiger partial charge on any atom is 0.332 e. The van der Waals surface area contributed by atoms with E-state index in [1.807, 2.05) is 6.92 Å². The number of nitrogen functional groups attached to an aromatic ring is 1. The number of aromatic nitrogens is 2. The molecule has 0 fully saturated rings. The molecule has 0 spiro atoms. The normalized spacial score (nSPS) is 10.6. The predicted molar refractivity (Wildman–Crippen MR) is 96.0 cm³/mol. The fourth-order valence-corrected chi connectivity index (χ4v) is 2.52. The zero-order chi connectivity index (χ0) is 20.1. The molecule has 0 saturated heterocycles. The van der Waals surface area contributed by atoms with E-state index in [9.17, 15) is 23.6 Å². The smallest absolute Gasteiger partial charge is 0.332 e. The minimum Gasteiger partial charge on any atom is -0.457 e. The van der Waals surface area contributed by atoms with Gasteiger partial charge in [0.1, 0.15) is 17.2 Å². The van der Waals surface area contributed by atoms with Crippen molar-refractivity contribution in [2.24, 2.45) is 7.05 Å². The highest BCUT2D eigenvalue weighted by molar-refractivity contribution is 6.01. The SMILES string of the molecule is CCCn1c(N)c(C(=O)COC(=O)Cc2ccc(F)cc2)c(=O)n(C)c1=O. The minimum absolute atomic E-state index is 0.156. The van der Waals surface area contributed by atoms with Gasteiger partial charge in [-0.05, 0) is 24.1 Å². The summed E-state index contributed by atoms with van der Waals surface area (Å²) in [4.78, 5) is 48.6. The molecule has 2 N–H and O–H groups in total. The van der Waals surface area contributed by atoms with Crippen molar-refractivity contribution in [2.75, 3.05) is 12.3 Å². The van der Waals surface area contributed by atoms with Gasteiger partial charge in [-0.1, -0.05) is 19.1 Å². The summed E-state index contributed by atoms with van der Waals surface area (Å²) in [6.07, 6.45) is 0.416. The minimum atomic E-state index is -0.843. The summed E-state index contributed by atoms with van der Waals surface area (Å²) in [5.74, 6) is -2.20. The second-order valence-corrected chi connectivity index (χ2v) is 5.95. The van der Waals surface area contributed by atoms with Crippen LogP contribution in [0, 0.1) is 5.82 Å². The molecule has 0 aliphatic carbocycles. The maximum absolute atomic E-state index is 12.9. The zero-order valence-corrected chi connectivity index (χ0v) is 15.0. The van der Waals surface area contributed by atoms with E-state index in [1.54, 1.807) is 0 Å². The molecule has 1 aromatic heterocycles. The Labute approximate surface area is 154 Å². The number of halogens is 1. The number of nitrogens with two attached hydrogens (primary N) is 1. The number of hydrogen-bond acceptors (Lipinski definition) is 6. The largest absolute Gasteiger partial charge is 0.457 e. The Hall–Kier alpha value is -3.23. The average Bonchev–Trinajstić information content (AvgIpc) is 2.64. The summed E-state index contributed by atoms with van der Waals surface area (Å²) in [6, 6.07) is 5.25. The zero-order valence-electron chi connectivity index (χ0n) is 15.0. The van der Waals surface area contributed by atoms with Crippen molar-refractivity contribution in [1.82, 2.24) is 9.13 Å². The Morgan fingerprint density at radius 1 is 1.19 bits per heavy atom. The Kier molecular flexibility index (Phi) is 6.27. The fourth-order valence-electron chi connectivity index (χ4n) is 2.52. The molecule has 1 heterocycles. The van der Waals surface area contributed by atoms with Crippen molar-refractivity contribution >= 4 is 17.6 Å². The molecule has 2 aromatic rings. The molecule has 0 saturated carbocycles. The molecule has 2 rings (SSSR count). The fraction of sp³-hybridized carbons (Fsp3) is 0.333. The van der Waals surface area contributed by atoms with Gasteiger partial charge in [0.15, 0.2) is 6.61 Å². The van der Waals surface area contributed by atoms with E-state index < -0.39 is 35.4 Å². The van der Waals surface area contributed by atoms with Crippen LogP contribution in [0.5, 0.6) is 0 Å². The molecule has 27 heavy (non-hydrogen) atoms. The van der Waals surface area contributed by atoms with Crippen LogP contribution >= 0.6 is 0 Å². The molecule has 0 aliphatic rings. The molecule has 144 valence electrons. The number of Topliss-reactive ketones (excluding diaryl/α,β-unsaturated/α-hetero) is 1. The molecule has 1 aromatic carbocycles. The predicted octanol–water partition coefficient (Wildman–Crippen LogP) is 0.647. The van der Waals surface area contributed by atoms with Gasteiger partial charge in [-0.2, -0.15) is 0 Å². The second-order valence-electron chi connectivity index (χ2n) is 5.95. The lowest BCUT2D eigenvalue weighted by Gasteiger charge is -2.13. The van der Waals surface area contributed by atoms with Gasteiger partial charge in [-0.15, -0.1) is 0 Å². The molecule has 0 unspecified atom stereocenters. The van der Waals surface area contributed by atoms with Crippen molar-refractivity contribution in [3.05, 3.63) is 62.0 Å². The molecule has 0 atom stereocenters. The van der Waals surface area contributed by atoms with Crippen LogP contribution in [0.4, 0.5) is 10.2 Å². The Bertz CT molecular complexity index is 976. The van der Waals surface area contributed by atoms with E-state index in [1.165, 1.54) is 31.3 Å². The highest BCUT2D eigenvalue weighted by atomic mass is 19.1. The van der Waals surface area contributed by atoms with Gasteiger partial charge in [0.05, 0.1) is 6.42 Å². The van der Waals surface area contributed by atoms with E-state index in [-0.39, 0.29) is 24.3 Å². The van der Waals surface area contributed by atoms with Crippen LogP contribution < -0.4 is 17.0 Å². The Balaban J connectivity index is 2.16. The first-order valence-electron chi connectivity index (χ1n) is 8.28. The van der Waals surface area contributed by atoms with Crippen molar-refractivity contribution in [3.63, 3.8) is 0 Å². The van der Waals surface area contributed by atoms with E-state index in [2.05, 4.69) is 0 Å². The molecule has 9 heteroatoms. The molecule has 8 nitrogen and oxygen atoms in total. The Morgan fingerprint density at radius 3 is 2.41 bits per heavy atom. The van der Waals surface area contributed by atoms with Gasteiger partial charge in [-0.3, -0.25) is 23.5 Å². The van der Waals surface area contributed by atoms with Crippen molar-refractivity contribution in [1.29, 1.82) is 0 Å². The van der Waals surface area contributed by atoms with E-state index >= 15 is 0 Å². The van der Waals surface area contributed by atoms with Crippen LogP contribution in [0.15, 0.2) is 33.9 Å². The summed E-state index contributed by atoms with van der Waals surface area (Å²) in [5.41, 5.74) is 4.50. The third kappa shape index (κ3) is 4.49. The number of anilines is 1. The van der Waals surface area contributed by atoms with E-state index in [0.717, 1.165) is 9.13 Å². The number of benzene rings is 1. The highest BCUT2D eigenvalue weighted by Gasteiger charge is 2.22. The molecule has 0 amide bonds. The highest BCUT2D eigenvalue weighted by Crippen LogP contribution is 2.08. The number of nitrogens with zero attached hydrogens (tertiary/aromatic N) is 2. The lowest BCUT2D eigenvalue weighted by atomic mass is 10.1. The van der Waals surface area contributed by atoms with Gasteiger partial charge in [0, 0.05) is 13.6 Å². The van der Waals surface area contributed by atoms with E-state index in [0.29, 0.717) is 12.0 Å². The monoisotopic (exact) mass is 377 g/mol. The lowest BCUT2D eigenvalue weighted by molar-refractivity contribution is -0.141. The first kappa shape index (κ1) is 20.1. The molecular weight excluding hydrogens is 357 g/mol. The standard InChI is InChI=1S/C18H20FN3O5/c1-3-8-22-16(20)15(17(25)21(2)18(22)26)13(23)10-27-14(24)9-11-4-6-12(19)7-5-11/h4-7H,3,8-10,20H2,1-2H3. The summed E-state index contributed by atoms with van der Waals surface area (Å²) in [6.45, 7) is 1.36. The molecule has 0 radical (unpaired) electrons. The van der Waals surface area contributed by atoms with Crippen LogP contribution in [-0.4, -0.2) is 27.5 Å². The van der Waals surface area contributed by atoms with Crippen LogP contribution in [0.2, 0.25) is 0 Å². The summed E-state index contributed by atoms with van der Waals surface area (Å²) >= 11 is 0. The third-order valence-electron chi connectivity index (χ3n) is 3.94. The first-order chi connectivity index (χ1) is 12.8. The van der Waals surface area contributed by atoms with Gasteiger partial charge in [0.2, 0.25) is 5.78 Å². The summed E-state index contributed by atoms with van der Waals surface area (Å²) < 4.78 is 19.7. The number of rotatable bonds is 7. The molecular formula is C18H20FN3O5. The van der Waals surface area contributed by atoms with Gasteiger partial charge in [-0.25, -0.2) is 9.18 Å². The number of esters is 1. The quantitative estimate of drug-likeness (QED) is 0.560. The molecule has 0 bridgehead atoms. The first-order valence-corrected chi connectivity index (χ1v) is 8.28. The molecule has 0 aliphatic heterocycles. The van der Waals surface area contributed by atoms with Crippen LogP contribution in [0.1, 0.15) is 29.3 Å². The maximum atomic E-state index is 12.9. The Morgan fingerprint density at radius 2 is 1.81 bits per heavy atom. The van der Waals surface area contributed by atoms with Crippen molar-refractivity contribution in [2.45, 2.75) is 26.3 Å².